The standard InChI is InChI=1S/C27H29N5O4/c1-17-16-19(8-11-21(17)26(34)30-13-4-3-5-14-30)31-15-12-22-23(25(28)33)29-32(24(22)27(31)35)18-6-9-20(36-2)10-7-18/h6-11,16H,3-5,12-15H2,1-2H3,(H2,28,33). The second kappa shape index (κ2) is 9.49. The molecule has 3 heterocycles. The first kappa shape index (κ1) is 23.6. The molecule has 2 aromatic carbocycles. The lowest BCUT2D eigenvalue weighted by Gasteiger charge is -2.29. The van der Waals surface area contributed by atoms with Gasteiger partial charge in [0.1, 0.15) is 11.4 Å². The fourth-order valence-corrected chi connectivity index (χ4v) is 5.04. The molecule has 2 aliphatic heterocycles. The number of nitrogens with zero attached hydrogens (tertiary/aromatic N) is 4. The third-order valence-electron chi connectivity index (χ3n) is 6.96. The summed E-state index contributed by atoms with van der Waals surface area (Å²) < 4.78 is 6.70. The van der Waals surface area contributed by atoms with E-state index in [-0.39, 0.29) is 17.5 Å². The van der Waals surface area contributed by atoms with Crippen molar-refractivity contribution >= 4 is 23.4 Å². The van der Waals surface area contributed by atoms with Crippen LogP contribution in [-0.4, -0.2) is 59.1 Å². The number of anilines is 1. The van der Waals surface area contributed by atoms with Crippen molar-refractivity contribution in [2.75, 3.05) is 31.6 Å². The third kappa shape index (κ3) is 4.10. The topological polar surface area (TPSA) is 111 Å². The van der Waals surface area contributed by atoms with Crippen LogP contribution in [0.2, 0.25) is 0 Å². The van der Waals surface area contributed by atoms with Gasteiger partial charge in [0.15, 0.2) is 5.69 Å². The van der Waals surface area contributed by atoms with Crippen molar-refractivity contribution in [3.63, 3.8) is 0 Å². The number of rotatable bonds is 5. The SMILES string of the molecule is COc1ccc(-n2nc(C(N)=O)c3c2C(=O)N(c2ccc(C(=O)N4CCCCC4)c(C)c2)CC3)cc1. The van der Waals surface area contributed by atoms with Crippen LogP contribution in [0.1, 0.15) is 61.7 Å². The van der Waals surface area contributed by atoms with E-state index in [2.05, 4.69) is 5.10 Å². The minimum Gasteiger partial charge on any atom is -0.497 e. The number of hydrogen-bond acceptors (Lipinski definition) is 5. The summed E-state index contributed by atoms with van der Waals surface area (Å²) in [5.74, 6) is -0.245. The van der Waals surface area contributed by atoms with E-state index in [9.17, 15) is 14.4 Å². The molecule has 3 amide bonds. The first-order valence-electron chi connectivity index (χ1n) is 12.2. The molecule has 2 N–H and O–H groups in total. The number of likely N-dealkylation sites (tertiary alicyclic amines) is 1. The summed E-state index contributed by atoms with van der Waals surface area (Å²) in [6, 6.07) is 12.6. The average Bonchev–Trinajstić information content (AvgIpc) is 3.30. The number of piperidine rings is 1. The Hall–Kier alpha value is -4.14. The van der Waals surface area contributed by atoms with Gasteiger partial charge in [-0.15, -0.1) is 0 Å². The Morgan fingerprint density at radius 3 is 2.31 bits per heavy atom. The Morgan fingerprint density at radius 2 is 1.67 bits per heavy atom. The van der Waals surface area contributed by atoms with Crippen molar-refractivity contribution in [2.24, 2.45) is 5.73 Å². The van der Waals surface area contributed by atoms with Crippen LogP contribution in [0.15, 0.2) is 42.5 Å². The molecule has 0 atom stereocenters. The van der Waals surface area contributed by atoms with E-state index < -0.39 is 5.91 Å². The van der Waals surface area contributed by atoms with Crippen molar-refractivity contribution in [1.29, 1.82) is 0 Å². The molecule has 9 nitrogen and oxygen atoms in total. The largest absolute Gasteiger partial charge is 0.497 e. The molecule has 0 unspecified atom stereocenters. The Bertz CT molecular complexity index is 1340. The van der Waals surface area contributed by atoms with Gasteiger partial charge in [0.05, 0.1) is 12.8 Å². The molecule has 0 aliphatic carbocycles. The maximum atomic E-state index is 13.8. The maximum Gasteiger partial charge on any atom is 0.277 e. The number of carbonyl (C=O) groups excluding carboxylic acids is 3. The van der Waals surface area contributed by atoms with Crippen LogP contribution in [0.4, 0.5) is 5.69 Å². The van der Waals surface area contributed by atoms with E-state index in [0.717, 1.165) is 37.9 Å². The second-order valence-corrected chi connectivity index (χ2v) is 9.21. The molecular formula is C27H29N5O4. The van der Waals surface area contributed by atoms with E-state index in [1.165, 1.54) is 4.68 Å². The molecule has 9 heteroatoms. The smallest absolute Gasteiger partial charge is 0.277 e. The first-order valence-corrected chi connectivity index (χ1v) is 12.2. The Morgan fingerprint density at radius 1 is 0.972 bits per heavy atom. The van der Waals surface area contributed by atoms with Crippen LogP contribution in [0.5, 0.6) is 5.75 Å². The summed E-state index contributed by atoms with van der Waals surface area (Å²) in [4.78, 5) is 42.5. The van der Waals surface area contributed by atoms with Crippen LogP contribution in [0, 0.1) is 6.92 Å². The van der Waals surface area contributed by atoms with Gasteiger partial charge in [-0.2, -0.15) is 5.10 Å². The molecule has 0 saturated carbocycles. The summed E-state index contributed by atoms with van der Waals surface area (Å²) in [7, 11) is 1.57. The number of hydrogen-bond donors (Lipinski definition) is 1. The molecule has 1 saturated heterocycles. The molecule has 5 rings (SSSR count). The lowest BCUT2D eigenvalue weighted by Crippen LogP contribution is -2.39. The number of carbonyl (C=O) groups is 3. The minimum atomic E-state index is -0.670. The summed E-state index contributed by atoms with van der Waals surface area (Å²) in [6.07, 6.45) is 3.65. The fourth-order valence-electron chi connectivity index (χ4n) is 5.04. The number of fused-ring (bicyclic) bond motifs is 1. The van der Waals surface area contributed by atoms with E-state index in [1.807, 2.05) is 24.0 Å². The summed E-state index contributed by atoms with van der Waals surface area (Å²) in [6.45, 7) is 3.84. The molecule has 0 radical (unpaired) electrons. The first-order chi connectivity index (χ1) is 17.4. The summed E-state index contributed by atoms with van der Waals surface area (Å²) in [5.41, 5.74) is 9.36. The Labute approximate surface area is 209 Å². The zero-order valence-corrected chi connectivity index (χ0v) is 20.5. The highest BCUT2D eigenvalue weighted by atomic mass is 16.5. The second-order valence-electron chi connectivity index (χ2n) is 9.21. The number of primary amides is 1. The van der Waals surface area contributed by atoms with E-state index in [1.54, 1.807) is 42.3 Å². The molecule has 0 spiro atoms. The number of ether oxygens (including phenoxy) is 1. The van der Waals surface area contributed by atoms with E-state index in [0.29, 0.717) is 46.9 Å². The van der Waals surface area contributed by atoms with Gasteiger partial charge in [-0.3, -0.25) is 14.4 Å². The van der Waals surface area contributed by atoms with Crippen LogP contribution in [0.3, 0.4) is 0 Å². The van der Waals surface area contributed by atoms with Crippen molar-refractivity contribution in [3.05, 3.63) is 70.5 Å². The average molecular weight is 488 g/mol. The number of amides is 3. The molecule has 1 fully saturated rings. The van der Waals surface area contributed by atoms with Gasteiger partial charge in [0, 0.05) is 36.4 Å². The Balaban J connectivity index is 1.49. The fraction of sp³-hybridized carbons (Fsp3) is 0.333. The third-order valence-corrected chi connectivity index (χ3v) is 6.96. The normalized spacial score (nSPS) is 15.6. The minimum absolute atomic E-state index is 0.0367. The summed E-state index contributed by atoms with van der Waals surface area (Å²) in [5, 5.41) is 4.41. The lowest BCUT2D eigenvalue weighted by molar-refractivity contribution is 0.0723. The zero-order valence-electron chi connectivity index (χ0n) is 20.5. The molecule has 2 aliphatic rings. The molecule has 36 heavy (non-hydrogen) atoms. The highest BCUT2D eigenvalue weighted by Crippen LogP contribution is 2.30. The maximum absolute atomic E-state index is 13.8. The molecule has 186 valence electrons. The van der Waals surface area contributed by atoms with Gasteiger partial charge in [-0.05, 0) is 80.6 Å². The van der Waals surface area contributed by atoms with Gasteiger partial charge in [0.25, 0.3) is 17.7 Å². The highest BCUT2D eigenvalue weighted by molar-refractivity contribution is 6.10. The number of methoxy groups -OCH3 is 1. The van der Waals surface area contributed by atoms with E-state index >= 15 is 0 Å². The Kier molecular flexibility index (Phi) is 6.22. The van der Waals surface area contributed by atoms with E-state index in [4.69, 9.17) is 10.5 Å². The van der Waals surface area contributed by atoms with Crippen LogP contribution < -0.4 is 15.4 Å². The summed E-state index contributed by atoms with van der Waals surface area (Å²) >= 11 is 0. The predicted molar refractivity (Wildman–Crippen MR) is 135 cm³/mol. The van der Waals surface area contributed by atoms with Gasteiger partial charge in [0.2, 0.25) is 0 Å². The molecular weight excluding hydrogens is 458 g/mol. The molecule has 0 bridgehead atoms. The van der Waals surface area contributed by atoms with Gasteiger partial charge in [-0.25, -0.2) is 4.68 Å². The van der Waals surface area contributed by atoms with Crippen molar-refractivity contribution in [2.45, 2.75) is 32.6 Å². The molecule has 3 aromatic rings. The van der Waals surface area contributed by atoms with Crippen molar-refractivity contribution in [1.82, 2.24) is 14.7 Å². The number of aromatic nitrogens is 2. The molecule has 1 aromatic heterocycles. The van der Waals surface area contributed by atoms with Crippen molar-refractivity contribution in [3.8, 4) is 11.4 Å². The van der Waals surface area contributed by atoms with Gasteiger partial charge < -0.3 is 20.3 Å². The number of aryl methyl sites for hydroxylation is 1. The van der Waals surface area contributed by atoms with Crippen LogP contribution >= 0.6 is 0 Å². The lowest BCUT2D eigenvalue weighted by atomic mass is 10.0. The van der Waals surface area contributed by atoms with Crippen LogP contribution in [-0.2, 0) is 6.42 Å². The zero-order chi connectivity index (χ0) is 25.4. The van der Waals surface area contributed by atoms with Gasteiger partial charge in [-0.1, -0.05) is 0 Å². The highest BCUT2D eigenvalue weighted by Gasteiger charge is 2.35. The quantitative estimate of drug-likeness (QED) is 0.595. The van der Waals surface area contributed by atoms with Crippen molar-refractivity contribution < 1.29 is 19.1 Å². The monoisotopic (exact) mass is 487 g/mol. The van der Waals surface area contributed by atoms with Gasteiger partial charge >= 0.3 is 0 Å². The number of nitrogens with two attached hydrogens (primary N) is 1. The number of benzene rings is 2. The van der Waals surface area contributed by atoms with Crippen LogP contribution in [0.25, 0.3) is 5.69 Å². The predicted octanol–water partition coefficient (Wildman–Crippen LogP) is 3.12.